The van der Waals surface area contributed by atoms with Crippen LogP contribution in [0.2, 0.25) is 0 Å². The highest BCUT2D eigenvalue weighted by Gasteiger charge is 2.22. The number of halogens is 1. The Kier molecular flexibility index (Phi) is 4.11. The molecule has 18 heavy (non-hydrogen) atoms. The van der Waals surface area contributed by atoms with Crippen LogP contribution in [0.5, 0.6) is 0 Å². The van der Waals surface area contributed by atoms with Crippen LogP contribution in [0.1, 0.15) is 18.1 Å². The summed E-state index contributed by atoms with van der Waals surface area (Å²) in [5, 5.41) is 17.3. The molecular formula is C14H16FNOS. The molecule has 0 saturated heterocycles. The summed E-state index contributed by atoms with van der Waals surface area (Å²) in [6.45, 7) is 2.74. The van der Waals surface area contributed by atoms with Crippen molar-refractivity contribution in [2.75, 3.05) is 6.54 Å². The summed E-state index contributed by atoms with van der Waals surface area (Å²) in [7, 11) is 0. The summed E-state index contributed by atoms with van der Waals surface area (Å²) in [4.78, 5) is 0. The molecular weight excluding hydrogens is 249 g/mol. The van der Waals surface area contributed by atoms with Gasteiger partial charge in [0.05, 0.1) is 5.60 Å². The van der Waals surface area contributed by atoms with Crippen LogP contribution in [0, 0.1) is 5.82 Å². The van der Waals surface area contributed by atoms with E-state index in [-0.39, 0.29) is 5.82 Å². The van der Waals surface area contributed by atoms with E-state index in [2.05, 4.69) is 5.32 Å². The van der Waals surface area contributed by atoms with Crippen molar-refractivity contribution in [3.8, 4) is 0 Å². The van der Waals surface area contributed by atoms with Gasteiger partial charge in [-0.3, -0.25) is 0 Å². The third-order valence-electron chi connectivity index (χ3n) is 2.83. The molecule has 0 aliphatic carbocycles. The van der Waals surface area contributed by atoms with Gasteiger partial charge in [0.25, 0.3) is 0 Å². The second-order valence-electron chi connectivity index (χ2n) is 4.52. The van der Waals surface area contributed by atoms with Crippen LogP contribution >= 0.6 is 11.3 Å². The molecule has 0 fully saturated rings. The molecule has 2 rings (SSSR count). The Bertz CT molecular complexity index is 496. The van der Waals surface area contributed by atoms with Crippen LogP contribution in [0.3, 0.4) is 0 Å². The predicted molar refractivity (Wildman–Crippen MR) is 72.0 cm³/mol. The lowest BCUT2D eigenvalue weighted by molar-refractivity contribution is 0.0571. The normalized spacial score (nSPS) is 14.4. The number of hydrogen-bond acceptors (Lipinski definition) is 3. The van der Waals surface area contributed by atoms with Crippen molar-refractivity contribution in [2.24, 2.45) is 0 Å². The number of benzene rings is 1. The van der Waals surface area contributed by atoms with Gasteiger partial charge < -0.3 is 10.4 Å². The van der Waals surface area contributed by atoms with Gasteiger partial charge in [-0.05, 0) is 47.0 Å². The molecule has 0 saturated carbocycles. The van der Waals surface area contributed by atoms with Gasteiger partial charge in [0, 0.05) is 13.1 Å². The average molecular weight is 265 g/mol. The van der Waals surface area contributed by atoms with Gasteiger partial charge in [0.15, 0.2) is 0 Å². The standard InChI is InChI=1S/C14H16FNOS/c1-14(17,12-5-6-18-9-12)10-16-8-11-3-2-4-13(15)7-11/h2-7,9,16-17H,8,10H2,1H3. The summed E-state index contributed by atoms with van der Waals surface area (Å²) < 4.78 is 13.0. The average Bonchev–Trinajstić information content (AvgIpc) is 2.83. The first kappa shape index (κ1) is 13.2. The van der Waals surface area contributed by atoms with E-state index < -0.39 is 5.60 Å². The van der Waals surface area contributed by atoms with Crippen LogP contribution in [-0.2, 0) is 12.1 Å². The summed E-state index contributed by atoms with van der Waals surface area (Å²) in [6.07, 6.45) is 0. The largest absolute Gasteiger partial charge is 0.384 e. The molecule has 4 heteroatoms. The van der Waals surface area contributed by atoms with Gasteiger partial charge in [-0.1, -0.05) is 12.1 Å². The summed E-state index contributed by atoms with van der Waals surface area (Å²) in [5.74, 6) is -0.237. The third-order valence-corrected chi connectivity index (χ3v) is 3.51. The Morgan fingerprint density at radius 2 is 2.22 bits per heavy atom. The number of hydrogen-bond donors (Lipinski definition) is 2. The molecule has 0 amide bonds. The molecule has 0 spiro atoms. The van der Waals surface area contributed by atoms with Crippen molar-refractivity contribution in [3.63, 3.8) is 0 Å². The Morgan fingerprint density at radius 3 is 2.89 bits per heavy atom. The molecule has 0 radical (unpaired) electrons. The van der Waals surface area contributed by atoms with Crippen molar-refractivity contribution < 1.29 is 9.50 Å². The summed E-state index contributed by atoms with van der Waals surface area (Å²) in [6, 6.07) is 8.37. The topological polar surface area (TPSA) is 32.3 Å². The highest BCUT2D eigenvalue weighted by atomic mass is 32.1. The third kappa shape index (κ3) is 3.38. The molecule has 1 aromatic heterocycles. The molecule has 2 N–H and O–H groups in total. The molecule has 1 aromatic carbocycles. The summed E-state index contributed by atoms with van der Waals surface area (Å²) >= 11 is 1.56. The van der Waals surface area contributed by atoms with E-state index in [1.54, 1.807) is 24.3 Å². The predicted octanol–water partition coefficient (Wildman–Crippen LogP) is 2.88. The minimum atomic E-state index is -0.896. The molecule has 1 unspecified atom stereocenters. The van der Waals surface area contributed by atoms with Crippen LogP contribution < -0.4 is 5.32 Å². The highest BCUT2D eigenvalue weighted by molar-refractivity contribution is 7.08. The monoisotopic (exact) mass is 265 g/mol. The SMILES string of the molecule is CC(O)(CNCc1cccc(F)c1)c1ccsc1. The highest BCUT2D eigenvalue weighted by Crippen LogP contribution is 2.22. The Morgan fingerprint density at radius 1 is 1.39 bits per heavy atom. The van der Waals surface area contributed by atoms with Crippen molar-refractivity contribution in [2.45, 2.75) is 19.1 Å². The Hall–Kier alpha value is -1.23. The zero-order valence-electron chi connectivity index (χ0n) is 10.2. The molecule has 0 aliphatic heterocycles. The molecule has 96 valence electrons. The first-order valence-corrected chi connectivity index (χ1v) is 6.72. The maximum atomic E-state index is 13.0. The van der Waals surface area contributed by atoms with Crippen LogP contribution in [0.4, 0.5) is 4.39 Å². The van der Waals surface area contributed by atoms with Gasteiger partial charge in [-0.15, -0.1) is 0 Å². The Balaban J connectivity index is 1.89. The summed E-state index contributed by atoms with van der Waals surface area (Å²) in [5.41, 5.74) is 0.878. The van der Waals surface area contributed by atoms with Crippen LogP contribution in [0.15, 0.2) is 41.1 Å². The van der Waals surface area contributed by atoms with Gasteiger partial charge >= 0.3 is 0 Å². The smallest absolute Gasteiger partial charge is 0.123 e. The fraction of sp³-hybridized carbons (Fsp3) is 0.286. The van der Waals surface area contributed by atoms with E-state index in [0.717, 1.165) is 11.1 Å². The molecule has 0 aliphatic rings. The number of rotatable bonds is 5. The quantitative estimate of drug-likeness (QED) is 0.871. The molecule has 1 heterocycles. The fourth-order valence-electron chi connectivity index (χ4n) is 1.77. The van der Waals surface area contributed by atoms with Gasteiger partial charge in [-0.2, -0.15) is 11.3 Å². The minimum absolute atomic E-state index is 0.237. The maximum absolute atomic E-state index is 13.0. The Labute approximate surface area is 110 Å². The van der Waals surface area contributed by atoms with Gasteiger partial charge in [0.1, 0.15) is 5.82 Å². The van der Waals surface area contributed by atoms with Crippen molar-refractivity contribution in [1.29, 1.82) is 0 Å². The number of nitrogens with one attached hydrogen (secondary N) is 1. The maximum Gasteiger partial charge on any atom is 0.123 e. The lowest BCUT2D eigenvalue weighted by atomic mass is 9.99. The second-order valence-corrected chi connectivity index (χ2v) is 5.30. The van der Waals surface area contributed by atoms with Crippen molar-refractivity contribution >= 4 is 11.3 Å². The molecule has 2 aromatic rings. The zero-order valence-corrected chi connectivity index (χ0v) is 11.0. The fourth-order valence-corrected chi connectivity index (χ4v) is 2.55. The van der Waals surface area contributed by atoms with E-state index >= 15 is 0 Å². The van der Waals surface area contributed by atoms with Crippen molar-refractivity contribution in [1.82, 2.24) is 5.32 Å². The number of aliphatic hydroxyl groups is 1. The lowest BCUT2D eigenvalue weighted by Gasteiger charge is -2.23. The zero-order chi connectivity index (χ0) is 13.0. The van der Waals surface area contributed by atoms with Gasteiger partial charge in [0.2, 0.25) is 0 Å². The molecule has 1 atom stereocenters. The van der Waals surface area contributed by atoms with E-state index in [1.165, 1.54) is 12.1 Å². The first-order chi connectivity index (χ1) is 8.58. The number of thiophene rings is 1. The second kappa shape index (κ2) is 5.61. The lowest BCUT2D eigenvalue weighted by Crippen LogP contribution is -2.34. The minimum Gasteiger partial charge on any atom is -0.384 e. The van der Waals surface area contributed by atoms with Gasteiger partial charge in [-0.25, -0.2) is 4.39 Å². The van der Waals surface area contributed by atoms with E-state index in [9.17, 15) is 9.50 Å². The van der Waals surface area contributed by atoms with Crippen LogP contribution in [0.25, 0.3) is 0 Å². The van der Waals surface area contributed by atoms with Crippen molar-refractivity contribution in [3.05, 3.63) is 58.0 Å². The van der Waals surface area contributed by atoms with E-state index in [0.29, 0.717) is 13.1 Å². The van der Waals surface area contributed by atoms with E-state index in [1.807, 2.05) is 22.9 Å². The van der Waals surface area contributed by atoms with E-state index in [4.69, 9.17) is 0 Å². The molecule has 2 nitrogen and oxygen atoms in total. The first-order valence-electron chi connectivity index (χ1n) is 5.78. The molecule has 0 bridgehead atoms. The van der Waals surface area contributed by atoms with Crippen LogP contribution in [-0.4, -0.2) is 11.7 Å².